The smallest absolute Gasteiger partial charge is 0.312 e. The van der Waals surface area contributed by atoms with E-state index in [0.29, 0.717) is 45.3 Å². The molecule has 0 aliphatic carbocycles. The topological polar surface area (TPSA) is 99.9 Å². The standard InChI is InChI=1S/C20H15Cl2N5O3/c1-11-18(27(28)29)12(2)26(24-11)10-13-3-5-14(6-4-13)20-23-19(25-30-20)16-8-7-15(21)9-17(16)22/h3-9H,10H2,1-2H3. The van der Waals surface area contributed by atoms with E-state index in [-0.39, 0.29) is 5.69 Å². The second-order valence-electron chi connectivity index (χ2n) is 6.68. The normalized spacial score (nSPS) is 11.1. The number of aryl methyl sites for hydroxylation is 1. The van der Waals surface area contributed by atoms with Gasteiger partial charge in [0.1, 0.15) is 11.4 Å². The average molecular weight is 444 g/mol. The molecule has 0 radical (unpaired) electrons. The van der Waals surface area contributed by atoms with Gasteiger partial charge in [-0.3, -0.25) is 14.8 Å². The molecule has 10 heteroatoms. The molecule has 30 heavy (non-hydrogen) atoms. The molecule has 4 rings (SSSR count). The van der Waals surface area contributed by atoms with Crippen molar-refractivity contribution < 1.29 is 9.45 Å². The summed E-state index contributed by atoms with van der Waals surface area (Å²) < 4.78 is 6.99. The Morgan fingerprint density at radius 3 is 2.50 bits per heavy atom. The zero-order valence-electron chi connectivity index (χ0n) is 16.0. The van der Waals surface area contributed by atoms with Crippen LogP contribution in [0.4, 0.5) is 5.69 Å². The number of halogens is 2. The molecule has 0 saturated carbocycles. The first-order valence-electron chi connectivity index (χ1n) is 8.90. The van der Waals surface area contributed by atoms with E-state index in [2.05, 4.69) is 15.2 Å². The first-order chi connectivity index (χ1) is 14.3. The Morgan fingerprint density at radius 2 is 1.87 bits per heavy atom. The van der Waals surface area contributed by atoms with Crippen molar-refractivity contribution in [1.82, 2.24) is 19.9 Å². The third-order valence-electron chi connectivity index (χ3n) is 4.66. The van der Waals surface area contributed by atoms with Gasteiger partial charge in [0.2, 0.25) is 5.82 Å². The molecule has 0 N–H and O–H groups in total. The molecular weight excluding hydrogens is 429 g/mol. The third kappa shape index (κ3) is 3.79. The zero-order chi connectivity index (χ0) is 21.4. The quantitative estimate of drug-likeness (QED) is 0.299. The van der Waals surface area contributed by atoms with Gasteiger partial charge in [0.05, 0.1) is 16.5 Å². The van der Waals surface area contributed by atoms with Gasteiger partial charge in [-0.05, 0) is 49.7 Å². The zero-order valence-corrected chi connectivity index (χ0v) is 17.5. The highest BCUT2D eigenvalue weighted by atomic mass is 35.5. The third-order valence-corrected chi connectivity index (χ3v) is 5.20. The Kier molecular flexibility index (Phi) is 5.27. The van der Waals surface area contributed by atoms with Crippen LogP contribution in [0.2, 0.25) is 10.0 Å². The van der Waals surface area contributed by atoms with Gasteiger partial charge < -0.3 is 4.52 Å². The summed E-state index contributed by atoms with van der Waals surface area (Å²) in [6, 6.07) is 12.5. The van der Waals surface area contributed by atoms with E-state index in [9.17, 15) is 10.1 Å². The van der Waals surface area contributed by atoms with E-state index in [0.717, 1.165) is 11.1 Å². The predicted molar refractivity (Wildman–Crippen MR) is 113 cm³/mol. The van der Waals surface area contributed by atoms with Crippen LogP contribution in [0.1, 0.15) is 17.0 Å². The van der Waals surface area contributed by atoms with Crippen LogP contribution in [0.25, 0.3) is 22.8 Å². The average Bonchev–Trinajstić information content (AvgIpc) is 3.27. The summed E-state index contributed by atoms with van der Waals surface area (Å²) in [6.45, 7) is 3.73. The largest absolute Gasteiger partial charge is 0.334 e. The summed E-state index contributed by atoms with van der Waals surface area (Å²) in [4.78, 5) is 15.2. The molecule has 0 bridgehead atoms. The Morgan fingerprint density at radius 1 is 1.13 bits per heavy atom. The van der Waals surface area contributed by atoms with Gasteiger partial charge in [-0.1, -0.05) is 40.5 Å². The van der Waals surface area contributed by atoms with Gasteiger partial charge in [-0.2, -0.15) is 10.1 Å². The van der Waals surface area contributed by atoms with Crippen molar-refractivity contribution in [3.05, 3.63) is 79.6 Å². The maximum atomic E-state index is 11.2. The van der Waals surface area contributed by atoms with Crippen LogP contribution < -0.4 is 0 Å². The minimum absolute atomic E-state index is 0.0471. The van der Waals surface area contributed by atoms with Crippen molar-refractivity contribution in [2.45, 2.75) is 20.4 Å². The molecule has 0 amide bonds. The van der Waals surface area contributed by atoms with Crippen molar-refractivity contribution in [2.24, 2.45) is 0 Å². The molecule has 152 valence electrons. The molecule has 2 aromatic heterocycles. The lowest BCUT2D eigenvalue weighted by atomic mass is 10.1. The SMILES string of the molecule is Cc1nn(Cc2ccc(-c3nc(-c4ccc(Cl)cc4Cl)no3)cc2)c(C)c1[N+](=O)[O-]. The van der Waals surface area contributed by atoms with E-state index in [1.165, 1.54) is 0 Å². The highest BCUT2D eigenvalue weighted by Gasteiger charge is 2.21. The minimum Gasteiger partial charge on any atom is -0.334 e. The lowest BCUT2D eigenvalue weighted by Crippen LogP contribution is -2.04. The molecule has 0 unspecified atom stereocenters. The monoisotopic (exact) mass is 443 g/mol. The van der Waals surface area contributed by atoms with Crippen molar-refractivity contribution >= 4 is 28.9 Å². The maximum absolute atomic E-state index is 11.2. The van der Waals surface area contributed by atoms with Gasteiger partial charge in [0.15, 0.2) is 0 Å². The van der Waals surface area contributed by atoms with Gasteiger partial charge in [-0.25, -0.2) is 0 Å². The molecular formula is C20H15Cl2N5O3. The van der Waals surface area contributed by atoms with E-state index in [4.69, 9.17) is 27.7 Å². The molecule has 8 nitrogen and oxygen atoms in total. The van der Waals surface area contributed by atoms with Gasteiger partial charge in [-0.15, -0.1) is 0 Å². The van der Waals surface area contributed by atoms with E-state index in [1.807, 2.05) is 24.3 Å². The number of hydrogen-bond donors (Lipinski definition) is 0. The second-order valence-corrected chi connectivity index (χ2v) is 7.52. The fourth-order valence-corrected chi connectivity index (χ4v) is 3.65. The molecule has 0 aliphatic rings. The molecule has 0 saturated heterocycles. The van der Waals surface area contributed by atoms with Crippen molar-refractivity contribution in [3.8, 4) is 22.8 Å². The lowest BCUT2D eigenvalue weighted by Gasteiger charge is -2.04. The molecule has 0 spiro atoms. The van der Waals surface area contributed by atoms with Crippen LogP contribution in [-0.4, -0.2) is 24.8 Å². The molecule has 4 aromatic rings. The first kappa shape index (κ1) is 20.1. The molecule has 2 aromatic carbocycles. The number of aromatic nitrogens is 4. The van der Waals surface area contributed by atoms with Gasteiger partial charge in [0, 0.05) is 16.1 Å². The fourth-order valence-electron chi connectivity index (χ4n) is 3.15. The fraction of sp³-hybridized carbons (Fsp3) is 0.150. The Balaban J connectivity index is 1.56. The van der Waals surface area contributed by atoms with Crippen LogP contribution in [0.15, 0.2) is 47.0 Å². The Bertz CT molecular complexity index is 1250. The summed E-state index contributed by atoms with van der Waals surface area (Å²) in [5.74, 6) is 0.718. The Hall–Kier alpha value is -3.23. The molecule has 0 atom stereocenters. The van der Waals surface area contributed by atoms with Crippen molar-refractivity contribution in [1.29, 1.82) is 0 Å². The van der Waals surface area contributed by atoms with Crippen LogP contribution in [-0.2, 0) is 6.54 Å². The molecule has 0 fully saturated rings. The lowest BCUT2D eigenvalue weighted by molar-refractivity contribution is -0.386. The number of nitro groups is 1. The van der Waals surface area contributed by atoms with Gasteiger partial charge in [0.25, 0.3) is 5.89 Å². The first-order valence-corrected chi connectivity index (χ1v) is 9.66. The van der Waals surface area contributed by atoms with E-state index in [1.54, 1.807) is 36.7 Å². The number of benzene rings is 2. The minimum atomic E-state index is -0.405. The van der Waals surface area contributed by atoms with Crippen molar-refractivity contribution in [3.63, 3.8) is 0 Å². The summed E-state index contributed by atoms with van der Waals surface area (Å²) in [5.41, 5.74) is 3.25. The molecule has 2 heterocycles. The highest BCUT2D eigenvalue weighted by Crippen LogP contribution is 2.30. The van der Waals surface area contributed by atoms with Crippen molar-refractivity contribution in [2.75, 3.05) is 0 Å². The van der Waals surface area contributed by atoms with E-state index >= 15 is 0 Å². The number of rotatable bonds is 5. The number of hydrogen-bond acceptors (Lipinski definition) is 6. The second kappa shape index (κ2) is 7.89. The summed E-state index contributed by atoms with van der Waals surface area (Å²) in [5, 5.41) is 20.4. The summed E-state index contributed by atoms with van der Waals surface area (Å²) in [6.07, 6.45) is 0. The Labute approximate surface area is 181 Å². The maximum Gasteiger partial charge on any atom is 0.312 e. The molecule has 0 aliphatic heterocycles. The van der Waals surface area contributed by atoms with Crippen LogP contribution in [0.5, 0.6) is 0 Å². The summed E-state index contributed by atoms with van der Waals surface area (Å²) >= 11 is 12.1. The summed E-state index contributed by atoms with van der Waals surface area (Å²) in [7, 11) is 0. The highest BCUT2D eigenvalue weighted by molar-refractivity contribution is 6.36. The predicted octanol–water partition coefficient (Wildman–Crippen LogP) is 5.48. The van der Waals surface area contributed by atoms with Crippen LogP contribution in [0, 0.1) is 24.0 Å². The van der Waals surface area contributed by atoms with Crippen LogP contribution in [0.3, 0.4) is 0 Å². The van der Waals surface area contributed by atoms with E-state index < -0.39 is 4.92 Å². The number of nitrogens with zero attached hydrogens (tertiary/aromatic N) is 5. The van der Waals surface area contributed by atoms with Crippen LogP contribution >= 0.6 is 23.2 Å². The van der Waals surface area contributed by atoms with Gasteiger partial charge >= 0.3 is 5.69 Å².